The molecular formula is C41H48Cl2N2O7. The van der Waals surface area contributed by atoms with Crippen molar-refractivity contribution in [3.8, 4) is 17.2 Å². The fraction of sp³-hybridized carbons (Fsp3) is 0.463. The molecule has 3 aromatic carbocycles. The first kappa shape index (κ1) is 38.0. The van der Waals surface area contributed by atoms with E-state index in [0.717, 1.165) is 72.2 Å². The summed E-state index contributed by atoms with van der Waals surface area (Å²) in [5.74, 6) is 0.892. The first-order valence-electron chi connectivity index (χ1n) is 18.1. The molecule has 1 saturated carbocycles. The predicted molar refractivity (Wildman–Crippen MR) is 202 cm³/mol. The Labute approximate surface area is 316 Å². The Hall–Kier alpha value is -3.76. The molecule has 2 N–H and O–H groups in total. The standard InChI is InChI=1S/C41H48Cl2N2O7/c1-25-17-36(42)39(37(43)18-25)51-16-15-50-31-10-6-29(7-11-31)33-12-13-44-22-34(33)40(46)45(30-8-9-30)23-28-19-27(5-4-14-49-3)20-32(21-28)52-24-35-26(2)38(35)41(47)48/h6-7,10-11,17-21,30,33-35,44H,4-5,8-9,12-16,22-24H2,1-3H3,(H,47,48)/t33-,34+,35-/m0/s1. The van der Waals surface area contributed by atoms with E-state index in [1.54, 1.807) is 7.11 Å². The number of nitrogens with zero attached hydrogens (tertiary/aromatic N) is 1. The number of nitrogens with one attached hydrogen (secondary N) is 1. The van der Waals surface area contributed by atoms with Crippen LogP contribution in [0.5, 0.6) is 17.2 Å². The minimum absolute atomic E-state index is 0.0789. The second-order valence-electron chi connectivity index (χ2n) is 14.1. The first-order valence-corrected chi connectivity index (χ1v) is 18.9. The van der Waals surface area contributed by atoms with Crippen molar-refractivity contribution in [2.24, 2.45) is 11.8 Å². The van der Waals surface area contributed by atoms with Gasteiger partial charge in [0.2, 0.25) is 5.91 Å². The molecule has 11 heteroatoms. The Bertz CT molecular complexity index is 1750. The zero-order chi connectivity index (χ0) is 36.8. The number of carboxylic acid groups (broad SMARTS) is 1. The topological polar surface area (TPSA) is 107 Å². The maximum absolute atomic E-state index is 14.5. The van der Waals surface area contributed by atoms with Crippen molar-refractivity contribution in [1.82, 2.24) is 10.2 Å². The van der Waals surface area contributed by atoms with Gasteiger partial charge in [0.25, 0.3) is 0 Å². The molecule has 3 atom stereocenters. The summed E-state index contributed by atoms with van der Waals surface area (Å²) in [6, 6.07) is 18.1. The van der Waals surface area contributed by atoms with E-state index in [1.807, 2.05) is 50.2 Å². The van der Waals surface area contributed by atoms with Crippen LogP contribution in [0.4, 0.5) is 0 Å². The van der Waals surface area contributed by atoms with Crippen LogP contribution < -0.4 is 19.5 Å². The van der Waals surface area contributed by atoms with Crippen LogP contribution in [0.3, 0.4) is 0 Å². The number of aliphatic carboxylic acids is 1. The van der Waals surface area contributed by atoms with Gasteiger partial charge in [-0.1, -0.05) is 47.0 Å². The third kappa shape index (κ3) is 9.61. The monoisotopic (exact) mass is 750 g/mol. The minimum atomic E-state index is -0.879. The van der Waals surface area contributed by atoms with Crippen LogP contribution in [-0.4, -0.2) is 74.6 Å². The molecule has 278 valence electrons. The molecule has 1 aliphatic heterocycles. The SMILES string of the molecule is COCCCc1cc(CN(C(=O)[C@@H]2CNCC[C@H]2c2ccc(OCCOc3c(Cl)cc(C)cc3Cl)cc2)C2CC2)cc(OC[C@H]2C(C)=C2C(=O)O)c1. The van der Waals surface area contributed by atoms with E-state index in [-0.39, 0.29) is 29.7 Å². The Morgan fingerprint density at radius 3 is 2.27 bits per heavy atom. The van der Waals surface area contributed by atoms with Crippen molar-refractivity contribution in [3.63, 3.8) is 0 Å². The largest absolute Gasteiger partial charge is 0.493 e. The van der Waals surface area contributed by atoms with Gasteiger partial charge in [-0.05, 0) is 117 Å². The summed E-state index contributed by atoms with van der Waals surface area (Å²) in [6.07, 6.45) is 4.53. The lowest BCUT2D eigenvalue weighted by molar-refractivity contribution is -0.138. The van der Waals surface area contributed by atoms with Gasteiger partial charge >= 0.3 is 5.97 Å². The van der Waals surface area contributed by atoms with Gasteiger partial charge in [0.15, 0.2) is 5.75 Å². The first-order chi connectivity index (χ1) is 25.1. The summed E-state index contributed by atoms with van der Waals surface area (Å²) in [5, 5.41) is 13.9. The summed E-state index contributed by atoms with van der Waals surface area (Å²) in [6.45, 7) is 7.30. The molecule has 1 amide bonds. The van der Waals surface area contributed by atoms with Crippen molar-refractivity contribution in [2.75, 3.05) is 46.6 Å². The number of amides is 1. The maximum atomic E-state index is 14.5. The quantitative estimate of drug-likeness (QED) is 0.128. The summed E-state index contributed by atoms with van der Waals surface area (Å²) in [7, 11) is 1.70. The molecule has 0 unspecified atom stereocenters. The number of carbonyl (C=O) groups excluding carboxylic acids is 1. The van der Waals surface area contributed by atoms with Gasteiger partial charge in [0, 0.05) is 44.3 Å². The van der Waals surface area contributed by atoms with Gasteiger partial charge in [-0.15, -0.1) is 0 Å². The van der Waals surface area contributed by atoms with Crippen molar-refractivity contribution in [3.05, 3.63) is 98.0 Å². The lowest BCUT2D eigenvalue weighted by Crippen LogP contribution is -2.47. The molecule has 2 aliphatic carbocycles. The number of benzene rings is 3. The van der Waals surface area contributed by atoms with Crippen LogP contribution in [-0.2, 0) is 27.3 Å². The number of piperidine rings is 1. The highest BCUT2D eigenvalue weighted by Gasteiger charge is 2.41. The van der Waals surface area contributed by atoms with Gasteiger partial charge < -0.3 is 34.3 Å². The molecule has 3 aromatic rings. The maximum Gasteiger partial charge on any atom is 0.332 e. The second kappa shape index (κ2) is 17.4. The van der Waals surface area contributed by atoms with E-state index in [0.29, 0.717) is 66.6 Å². The molecule has 1 saturated heterocycles. The molecule has 52 heavy (non-hydrogen) atoms. The Kier molecular flexibility index (Phi) is 12.7. The van der Waals surface area contributed by atoms with Gasteiger partial charge in [0.1, 0.15) is 24.7 Å². The number of rotatable bonds is 18. The predicted octanol–water partition coefficient (Wildman–Crippen LogP) is 7.63. The molecule has 1 heterocycles. The number of carboxylic acids is 1. The highest BCUT2D eigenvalue weighted by Crippen LogP contribution is 2.40. The van der Waals surface area contributed by atoms with E-state index < -0.39 is 5.97 Å². The Morgan fingerprint density at radius 2 is 1.60 bits per heavy atom. The van der Waals surface area contributed by atoms with Gasteiger partial charge in [-0.3, -0.25) is 4.79 Å². The molecule has 9 nitrogen and oxygen atoms in total. The average molecular weight is 752 g/mol. The lowest BCUT2D eigenvalue weighted by Gasteiger charge is -2.36. The van der Waals surface area contributed by atoms with E-state index in [2.05, 4.69) is 28.4 Å². The van der Waals surface area contributed by atoms with Crippen LogP contribution in [0.1, 0.15) is 60.8 Å². The number of methoxy groups -OCH3 is 1. The molecule has 0 bridgehead atoms. The van der Waals surface area contributed by atoms with Crippen molar-refractivity contribution >= 4 is 35.1 Å². The zero-order valence-corrected chi connectivity index (χ0v) is 31.6. The zero-order valence-electron chi connectivity index (χ0n) is 30.1. The molecule has 3 aliphatic rings. The van der Waals surface area contributed by atoms with Gasteiger partial charge in [-0.25, -0.2) is 4.79 Å². The lowest BCUT2D eigenvalue weighted by atomic mass is 9.80. The number of hydrogen-bond donors (Lipinski definition) is 2. The summed E-state index contributed by atoms with van der Waals surface area (Å²) >= 11 is 12.6. The fourth-order valence-corrected chi connectivity index (χ4v) is 7.91. The van der Waals surface area contributed by atoms with Gasteiger partial charge in [-0.2, -0.15) is 0 Å². The van der Waals surface area contributed by atoms with Crippen LogP contribution in [0, 0.1) is 18.8 Å². The average Bonchev–Trinajstić information content (AvgIpc) is 4.06. The minimum Gasteiger partial charge on any atom is -0.493 e. The summed E-state index contributed by atoms with van der Waals surface area (Å²) in [5.41, 5.74) is 5.53. The van der Waals surface area contributed by atoms with Crippen molar-refractivity contribution in [1.29, 1.82) is 0 Å². The number of ether oxygens (including phenoxy) is 4. The smallest absolute Gasteiger partial charge is 0.332 e. The molecular weight excluding hydrogens is 703 g/mol. The van der Waals surface area contributed by atoms with E-state index >= 15 is 0 Å². The number of hydrogen-bond acceptors (Lipinski definition) is 7. The molecule has 0 radical (unpaired) electrons. The number of aryl methyl sites for hydroxylation is 2. The fourth-order valence-electron chi connectivity index (χ4n) is 7.21. The molecule has 6 rings (SSSR count). The number of halogens is 2. The summed E-state index contributed by atoms with van der Waals surface area (Å²) in [4.78, 5) is 28.0. The van der Waals surface area contributed by atoms with Crippen LogP contribution >= 0.6 is 23.2 Å². The Morgan fingerprint density at radius 1 is 0.885 bits per heavy atom. The van der Waals surface area contributed by atoms with Crippen LogP contribution in [0.25, 0.3) is 0 Å². The number of carbonyl (C=O) groups is 2. The van der Waals surface area contributed by atoms with Crippen molar-refractivity contribution < 1.29 is 33.6 Å². The highest BCUT2D eigenvalue weighted by atomic mass is 35.5. The summed E-state index contributed by atoms with van der Waals surface area (Å²) < 4.78 is 23.2. The molecule has 0 aromatic heterocycles. The third-order valence-electron chi connectivity index (χ3n) is 10.2. The second-order valence-corrected chi connectivity index (χ2v) is 14.9. The highest BCUT2D eigenvalue weighted by molar-refractivity contribution is 6.37. The van der Waals surface area contributed by atoms with Gasteiger partial charge in [0.05, 0.1) is 22.6 Å². The van der Waals surface area contributed by atoms with Crippen LogP contribution in [0.2, 0.25) is 10.0 Å². The van der Waals surface area contributed by atoms with E-state index in [1.165, 1.54) is 0 Å². The molecule has 2 fully saturated rings. The van der Waals surface area contributed by atoms with E-state index in [9.17, 15) is 14.7 Å². The van der Waals surface area contributed by atoms with Crippen molar-refractivity contribution in [2.45, 2.75) is 64.5 Å². The third-order valence-corrected chi connectivity index (χ3v) is 10.7. The normalized spacial score (nSPS) is 19.7. The molecule has 0 spiro atoms. The van der Waals surface area contributed by atoms with Crippen LogP contribution in [0.15, 0.2) is 65.7 Å². The Balaban J connectivity index is 1.10. The van der Waals surface area contributed by atoms with E-state index in [4.69, 9.17) is 42.1 Å².